The molecule has 4 rings (SSSR count). The molecule has 1 saturated heterocycles. The second-order valence-electron chi connectivity index (χ2n) is 7.59. The van der Waals surface area contributed by atoms with Crippen LogP contribution >= 0.6 is 0 Å². The van der Waals surface area contributed by atoms with Gasteiger partial charge in [-0.2, -0.15) is 0 Å². The number of ether oxygens (including phenoxy) is 2. The Morgan fingerprint density at radius 2 is 1.96 bits per heavy atom. The fourth-order valence-electron chi connectivity index (χ4n) is 4.50. The average molecular weight is 365 g/mol. The third-order valence-corrected chi connectivity index (χ3v) is 6.02. The van der Waals surface area contributed by atoms with Crippen LogP contribution in [0.3, 0.4) is 0 Å². The van der Waals surface area contributed by atoms with Gasteiger partial charge in [0.05, 0.1) is 13.2 Å². The SMILES string of the molecule is COc1cc([C@@]23C=C[C@H](O)CC2N(C)CC3)ccc1OCc1ccccc1. The molecule has 3 atom stereocenters. The number of aliphatic hydroxyl groups is 1. The molecule has 2 aromatic rings. The highest BCUT2D eigenvalue weighted by Crippen LogP contribution is 2.47. The summed E-state index contributed by atoms with van der Waals surface area (Å²) in [5.41, 5.74) is 2.28. The number of methoxy groups -OCH3 is 1. The highest BCUT2D eigenvalue weighted by Gasteiger charge is 2.48. The molecule has 142 valence electrons. The lowest BCUT2D eigenvalue weighted by Gasteiger charge is -2.39. The van der Waals surface area contributed by atoms with Crippen molar-refractivity contribution in [3.63, 3.8) is 0 Å². The van der Waals surface area contributed by atoms with Crippen LogP contribution < -0.4 is 9.47 Å². The van der Waals surface area contributed by atoms with Crippen molar-refractivity contribution in [1.82, 2.24) is 4.90 Å². The van der Waals surface area contributed by atoms with Crippen molar-refractivity contribution in [2.45, 2.75) is 37.0 Å². The fourth-order valence-corrected chi connectivity index (χ4v) is 4.50. The molecule has 0 aromatic heterocycles. The van der Waals surface area contributed by atoms with Gasteiger partial charge >= 0.3 is 0 Å². The van der Waals surface area contributed by atoms with Crippen LogP contribution in [0.1, 0.15) is 24.0 Å². The molecule has 1 N–H and O–H groups in total. The van der Waals surface area contributed by atoms with Gasteiger partial charge in [0.15, 0.2) is 11.5 Å². The van der Waals surface area contributed by atoms with Crippen LogP contribution in [0.15, 0.2) is 60.7 Å². The molecule has 27 heavy (non-hydrogen) atoms. The number of benzene rings is 2. The Bertz CT molecular complexity index is 820. The van der Waals surface area contributed by atoms with Gasteiger partial charge in [-0.1, -0.05) is 48.6 Å². The Kier molecular flexibility index (Phi) is 4.94. The van der Waals surface area contributed by atoms with Crippen LogP contribution in [0.4, 0.5) is 0 Å². The van der Waals surface area contributed by atoms with Crippen molar-refractivity contribution in [2.75, 3.05) is 20.7 Å². The molecule has 0 saturated carbocycles. The molecule has 2 aromatic carbocycles. The number of nitrogens with zero attached hydrogens (tertiary/aromatic N) is 1. The predicted octanol–water partition coefficient (Wildman–Crippen LogP) is 3.54. The van der Waals surface area contributed by atoms with Crippen molar-refractivity contribution < 1.29 is 14.6 Å². The zero-order chi connectivity index (χ0) is 18.9. The Morgan fingerprint density at radius 1 is 1.15 bits per heavy atom. The number of rotatable bonds is 5. The van der Waals surface area contributed by atoms with Crippen LogP contribution in [0, 0.1) is 0 Å². The van der Waals surface area contributed by atoms with Gasteiger partial charge in [0.25, 0.3) is 0 Å². The van der Waals surface area contributed by atoms with Crippen molar-refractivity contribution in [2.24, 2.45) is 0 Å². The van der Waals surface area contributed by atoms with Crippen molar-refractivity contribution in [1.29, 1.82) is 0 Å². The molecule has 1 heterocycles. The number of hydrogen-bond donors (Lipinski definition) is 1. The van der Waals surface area contributed by atoms with E-state index in [1.165, 1.54) is 5.56 Å². The summed E-state index contributed by atoms with van der Waals surface area (Å²) in [7, 11) is 3.83. The minimum absolute atomic E-state index is 0.0702. The van der Waals surface area contributed by atoms with E-state index in [-0.39, 0.29) is 11.5 Å². The van der Waals surface area contributed by atoms with Gasteiger partial charge in [-0.3, -0.25) is 0 Å². The molecule has 0 radical (unpaired) electrons. The first-order chi connectivity index (χ1) is 13.1. The van der Waals surface area contributed by atoms with E-state index in [9.17, 15) is 5.11 Å². The number of hydrogen-bond acceptors (Lipinski definition) is 4. The molecule has 1 unspecified atom stereocenters. The van der Waals surface area contributed by atoms with E-state index in [0.717, 1.165) is 36.4 Å². The highest BCUT2D eigenvalue weighted by atomic mass is 16.5. The maximum absolute atomic E-state index is 10.1. The van der Waals surface area contributed by atoms with Crippen LogP contribution in [0.5, 0.6) is 11.5 Å². The fraction of sp³-hybridized carbons (Fsp3) is 0.391. The van der Waals surface area contributed by atoms with E-state index in [4.69, 9.17) is 9.47 Å². The Hall–Kier alpha value is -2.30. The number of likely N-dealkylation sites (tertiary alicyclic amines) is 1. The summed E-state index contributed by atoms with van der Waals surface area (Å²) in [5, 5.41) is 10.1. The van der Waals surface area contributed by atoms with Crippen LogP contribution in [0.2, 0.25) is 0 Å². The minimum atomic E-state index is -0.362. The standard InChI is InChI=1S/C23H27NO3/c1-24-13-12-23(11-10-19(25)15-22(23)24)18-8-9-20(21(14-18)26-2)27-16-17-6-4-3-5-7-17/h3-11,14,19,22,25H,12-13,15-16H2,1-2H3/t19-,22?,23-/m0/s1. The van der Waals surface area contributed by atoms with Crippen LogP contribution in [-0.2, 0) is 12.0 Å². The van der Waals surface area contributed by atoms with Crippen molar-refractivity contribution in [3.05, 3.63) is 71.8 Å². The lowest BCUT2D eigenvalue weighted by atomic mass is 9.69. The third-order valence-electron chi connectivity index (χ3n) is 6.02. The zero-order valence-electron chi connectivity index (χ0n) is 16.0. The van der Waals surface area contributed by atoms with Gasteiger partial charge in [-0.25, -0.2) is 0 Å². The summed E-state index contributed by atoms with van der Waals surface area (Å²) in [6.07, 6.45) is 5.60. The van der Waals surface area contributed by atoms with E-state index in [2.05, 4.69) is 42.3 Å². The largest absolute Gasteiger partial charge is 0.493 e. The van der Waals surface area contributed by atoms with E-state index in [1.54, 1.807) is 7.11 Å². The molecular weight excluding hydrogens is 338 g/mol. The summed E-state index contributed by atoms with van der Waals surface area (Å²) in [5.74, 6) is 1.51. The Balaban J connectivity index is 1.62. The highest BCUT2D eigenvalue weighted by molar-refractivity contribution is 5.49. The van der Waals surface area contributed by atoms with Crippen LogP contribution in [0.25, 0.3) is 0 Å². The summed E-state index contributed by atoms with van der Waals surface area (Å²) >= 11 is 0. The second-order valence-corrected chi connectivity index (χ2v) is 7.59. The second kappa shape index (κ2) is 7.37. The number of aliphatic hydroxyl groups excluding tert-OH is 1. The van der Waals surface area contributed by atoms with E-state index in [1.807, 2.05) is 30.3 Å². The number of fused-ring (bicyclic) bond motifs is 1. The monoisotopic (exact) mass is 365 g/mol. The van der Waals surface area contributed by atoms with Gasteiger partial charge in [0.2, 0.25) is 0 Å². The van der Waals surface area contributed by atoms with E-state index < -0.39 is 0 Å². The zero-order valence-corrected chi connectivity index (χ0v) is 16.0. The Morgan fingerprint density at radius 3 is 2.74 bits per heavy atom. The topological polar surface area (TPSA) is 41.9 Å². The molecule has 2 aliphatic rings. The van der Waals surface area contributed by atoms with E-state index in [0.29, 0.717) is 12.6 Å². The van der Waals surface area contributed by atoms with Gasteiger partial charge in [0.1, 0.15) is 6.61 Å². The van der Waals surface area contributed by atoms with Crippen LogP contribution in [-0.4, -0.2) is 42.9 Å². The van der Waals surface area contributed by atoms with E-state index >= 15 is 0 Å². The van der Waals surface area contributed by atoms with Crippen molar-refractivity contribution in [3.8, 4) is 11.5 Å². The maximum Gasteiger partial charge on any atom is 0.161 e. The predicted molar refractivity (Wildman–Crippen MR) is 106 cm³/mol. The first-order valence-corrected chi connectivity index (χ1v) is 9.55. The molecule has 0 amide bonds. The Labute approximate surface area is 161 Å². The summed E-state index contributed by atoms with van der Waals surface area (Å²) in [6, 6.07) is 16.7. The molecule has 1 fully saturated rings. The molecule has 0 bridgehead atoms. The summed E-state index contributed by atoms with van der Waals surface area (Å²) < 4.78 is 11.7. The van der Waals surface area contributed by atoms with Gasteiger partial charge in [-0.15, -0.1) is 0 Å². The average Bonchev–Trinajstić information content (AvgIpc) is 3.04. The smallest absolute Gasteiger partial charge is 0.161 e. The summed E-state index contributed by atoms with van der Waals surface area (Å²) in [4.78, 5) is 2.36. The van der Waals surface area contributed by atoms with Gasteiger partial charge in [-0.05, 0) is 49.7 Å². The molecule has 0 spiro atoms. The normalized spacial score (nSPS) is 27.4. The summed E-state index contributed by atoms with van der Waals surface area (Å²) in [6.45, 7) is 1.54. The van der Waals surface area contributed by atoms with Gasteiger partial charge < -0.3 is 19.5 Å². The molecular formula is C23H27NO3. The molecule has 1 aliphatic carbocycles. The first-order valence-electron chi connectivity index (χ1n) is 9.55. The quantitative estimate of drug-likeness (QED) is 0.823. The minimum Gasteiger partial charge on any atom is -0.493 e. The van der Waals surface area contributed by atoms with Gasteiger partial charge in [0, 0.05) is 11.5 Å². The third kappa shape index (κ3) is 3.35. The maximum atomic E-state index is 10.1. The first kappa shape index (κ1) is 18.1. The lowest BCUT2D eigenvalue weighted by Crippen LogP contribution is -2.44. The molecule has 4 nitrogen and oxygen atoms in total. The molecule has 1 aliphatic heterocycles. The molecule has 4 heteroatoms. The van der Waals surface area contributed by atoms with Crippen molar-refractivity contribution >= 4 is 0 Å². The number of likely N-dealkylation sites (N-methyl/N-ethyl adjacent to an activating group) is 1. The lowest BCUT2D eigenvalue weighted by molar-refractivity contribution is 0.137.